The fourth-order valence-electron chi connectivity index (χ4n) is 3.92. The molecule has 2 aliphatic carbocycles. The average Bonchev–Trinajstić information content (AvgIpc) is 3.32. The molecule has 0 unspecified atom stereocenters. The summed E-state index contributed by atoms with van der Waals surface area (Å²) >= 11 is 0. The molecule has 0 spiro atoms. The van der Waals surface area contributed by atoms with Crippen LogP contribution < -0.4 is 0 Å². The van der Waals surface area contributed by atoms with Crippen molar-refractivity contribution in [2.75, 3.05) is 0 Å². The molecule has 5 nitrogen and oxygen atoms in total. The van der Waals surface area contributed by atoms with Crippen molar-refractivity contribution in [3.63, 3.8) is 0 Å². The summed E-state index contributed by atoms with van der Waals surface area (Å²) in [4.78, 5) is 26.3. The summed E-state index contributed by atoms with van der Waals surface area (Å²) in [5, 5.41) is 9.27. The van der Waals surface area contributed by atoms with Crippen molar-refractivity contribution in [3.8, 4) is 0 Å². The van der Waals surface area contributed by atoms with Gasteiger partial charge in [-0.3, -0.25) is 4.79 Å². The highest BCUT2D eigenvalue weighted by Gasteiger charge is 2.40. The number of carboxylic acid groups (broad SMARTS) is 1. The number of rotatable bonds is 6. The Kier molecular flexibility index (Phi) is 4.97. The number of carbonyl (C=O) groups is 2. The summed E-state index contributed by atoms with van der Waals surface area (Å²) in [5.74, 6) is 0.201. The fraction of sp³-hybridized carbons (Fsp3) is 0.684. The molecule has 1 aromatic rings. The van der Waals surface area contributed by atoms with E-state index in [9.17, 15) is 14.7 Å². The van der Waals surface area contributed by atoms with Crippen molar-refractivity contribution >= 4 is 11.9 Å². The molecule has 0 radical (unpaired) electrons. The summed E-state index contributed by atoms with van der Waals surface area (Å²) in [6.45, 7) is 4.07. The smallest absolute Gasteiger partial charge is 0.339 e. The lowest BCUT2D eigenvalue weighted by Gasteiger charge is -2.36. The number of hydrogen-bond acceptors (Lipinski definition) is 3. The van der Waals surface area contributed by atoms with Crippen LogP contribution in [0.15, 0.2) is 10.5 Å². The van der Waals surface area contributed by atoms with Gasteiger partial charge in [-0.1, -0.05) is 20.3 Å². The predicted molar refractivity (Wildman–Crippen MR) is 90.3 cm³/mol. The Balaban J connectivity index is 1.79. The molecule has 5 heteroatoms. The molecular weight excluding hydrogens is 306 g/mol. The van der Waals surface area contributed by atoms with E-state index in [-0.39, 0.29) is 23.3 Å². The number of aromatic carboxylic acids is 1. The minimum absolute atomic E-state index is 0.117. The lowest BCUT2D eigenvalue weighted by atomic mass is 9.84. The van der Waals surface area contributed by atoms with Gasteiger partial charge in [0.15, 0.2) is 5.76 Å². The topological polar surface area (TPSA) is 70.8 Å². The highest BCUT2D eigenvalue weighted by atomic mass is 16.4. The zero-order valence-electron chi connectivity index (χ0n) is 14.6. The van der Waals surface area contributed by atoms with Gasteiger partial charge in [-0.15, -0.1) is 0 Å². The van der Waals surface area contributed by atoms with Crippen LogP contribution in [0.25, 0.3) is 0 Å². The van der Waals surface area contributed by atoms with Gasteiger partial charge in [0.1, 0.15) is 11.3 Å². The number of aryl methyl sites for hydroxylation is 1. The third-order valence-corrected chi connectivity index (χ3v) is 5.53. The first-order valence-corrected chi connectivity index (χ1v) is 9.23. The Morgan fingerprint density at radius 1 is 1.12 bits per heavy atom. The molecule has 2 fully saturated rings. The van der Waals surface area contributed by atoms with Crippen LogP contribution in [0.5, 0.6) is 0 Å². The van der Waals surface area contributed by atoms with E-state index in [1.807, 2.05) is 11.8 Å². The van der Waals surface area contributed by atoms with E-state index in [2.05, 4.69) is 6.92 Å². The Morgan fingerprint density at radius 3 is 2.12 bits per heavy atom. The van der Waals surface area contributed by atoms with E-state index in [0.717, 1.165) is 31.6 Å². The van der Waals surface area contributed by atoms with E-state index >= 15 is 0 Å². The van der Waals surface area contributed by atoms with Gasteiger partial charge >= 0.3 is 5.97 Å². The summed E-state index contributed by atoms with van der Waals surface area (Å²) in [7, 11) is 0. The maximum absolute atomic E-state index is 13.0. The monoisotopic (exact) mass is 333 g/mol. The Labute approximate surface area is 143 Å². The molecule has 0 aliphatic heterocycles. The summed E-state index contributed by atoms with van der Waals surface area (Å²) in [6.07, 6.45) is 8.23. The van der Waals surface area contributed by atoms with Crippen LogP contribution >= 0.6 is 0 Å². The zero-order valence-corrected chi connectivity index (χ0v) is 14.6. The van der Waals surface area contributed by atoms with Crippen molar-refractivity contribution in [2.24, 2.45) is 5.92 Å². The third-order valence-electron chi connectivity index (χ3n) is 5.53. The lowest BCUT2D eigenvalue weighted by Crippen LogP contribution is -2.43. The Morgan fingerprint density at radius 2 is 1.71 bits per heavy atom. The third kappa shape index (κ3) is 3.35. The van der Waals surface area contributed by atoms with Gasteiger partial charge in [-0.2, -0.15) is 0 Å². The Hall–Kier alpha value is -1.78. The molecule has 0 bridgehead atoms. The molecule has 1 N–H and O–H groups in total. The van der Waals surface area contributed by atoms with Gasteiger partial charge in [0.05, 0.1) is 0 Å². The predicted octanol–water partition coefficient (Wildman–Crippen LogP) is 4.11. The standard InChI is InChI=1S/C19H27NO4/c1-3-12-5-7-13(8-6-12)20(14-9-10-14)18(21)17-11-15(19(22)23)16(4-2)24-17/h11-14H,3-10H2,1-2H3,(H,22,23). The van der Waals surface area contributed by atoms with Crippen molar-refractivity contribution in [2.45, 2.75) is 77.3 Å². The lowest BCUT2D eigenvalue weighted by molar-refractivity contribution is 0.0552. The molecule has 3 rings (SSSR count). The normalized spacial score (nSPS) is 23.9. The summed E-state index contributed by atoms with van der Waals surface area (Å²) in [5.41, 5.74) is 0.117. The summed E-state index contributed by atoms with van der Waals surface area (Å²) in [6, 6.07) is 2.00. The van der Waals surface area contributed by atoms with Crippen molar-refractivity contribution < 1.29 is 19.1 Å². The molecule has 2 aliphatic rings. The molecule has 1 amide bonds. The molecule has 24 heavy (non-hydrogen) atoms. The number of amides is 1. The largest absolute Gasteiger partial charge is 0.478 e. The van der Waals surface area contributed by atoms with E-state index < -0.39 is 5.97 Å². The van der Waals surface area contributed by atoms with Gasteiger partial charge in [0.2, 0.25) is 0 Å². The van der Waals surface area contributed by atoms with Crippen LogP contribution in [0.3, 0.4) is 0 Å². The van der Waals surface area contributed by atoms with Crippen molar-refractivity contribution in [3.05, 3.63) is 23.2 Å². The first kappa shape index (κ1) is 17.1. The second-order valence-electron chi connectivity index (χ2n) is 7.13. The maximum Gasteiger partial charge on any atom is 0.339 e. The minimum Gasteiger partial charge on any atom is -0.478 e. The molecule has 2 saturated carbocycles. The summed E-state index contributed by atoms with van der Waals surface area (Å²) < 4.78 is 5.61. The van der Waals surface area contributed by atoms with Gasteiger partial charge in [-0.25, -0.2) is 4.79 Å². The molecular formula is C19H27NO4. The van der Waals surface area contributed by atoms with Crippen LogP contribution in [-0.4, -0.2) is 34.0 Å². The SMILES string of the molecule is CCc1oc(C(=O)N(C2CCC(CC)CC2)C2CC2)cc1C(=O)O. The number of carboxylic acids is 1. The van der Waals surface area contributed by atoms with E-state index in [1.54, 1.807) is 0 Å². The molecule has 0 saturated heterocycles. The molecule has 1 heterocycles. The highest BCUT2D eigenvalue weighted by Crippen LogP contribution is 2.37. The first-order valence-electron chi connectivity index (χ1n) is 9.23. The van der Waals surface area contributed by atoms with Gasteiger partial charge in [0, 0.05) is 24.6 Å². The minimum atomic E-state index is -1.03. The molecule has 0 atom stereocenters. The van der Waals surface area contributed by atoms with Gasteiger partial charge in [-0.05, 0) is 44.4 Å². The van der Waals surface area contributed by atoms with E-state index in [0.29, 0.717) is 18.2 Å². The molecule has 1 aromatic heterocycles. The van der Waals surface area contributed by atoms with Crippen LogP contribution in [0, 0.1) is 5.92 Å². The number of furan rings is 1. The van der Waals surface area contributed by atoms with Crippen LogP contribution in [-0.2, 0) is 6.42 Å². The Bertz CT molecular complexity index is 609. The highest BCUT2D eigenvalue weighted by molar-refractivity contribution is 5.96. The van der Waals surface area contributed by atoms with Gasteiger partial charge in [0.25, 0.3) is 5.91 Å². The van der Waals surface area contributed by atoms with Crippen molar-refractivity contribution in [1.29, 1.82) is 0 Å². The van der Waals surface area contributed by atoms with Crippen LogP contribution in [0.1, 0.15) is 85.5 Å². The zero-order chi connectivity index (χ0) is 17.3. The van der Waals surface area contributed by atoms with Gasteiger partial charge < -0.3 is 14.4 Å². The van der Waals surface area contributed by atoms with Crippen molar-refractivity contribution in [1.82, 2.24) is 4.90 Å². The second-order valence-corrected chi connectivity index (χ2v) is 7.13. The maximum atomic E-state index is 13.0. The number of nitrogens with zero attached hydrogens (tertiary/aromatic N) is 1. The fourth-order valence-corrected chi connectivity index (χ4v) is 3.92. The number of hydrogen-bond donors (Lipinski definition) is 1. The molecule has 0 aromatic carbocycles. The average molecular weight is 333 g/mol. The quantitative estimate of drug-likeness (QED) is 0.850. The van der Waals surface area contributed by atoms with Crippen LogP contribution in [0.4, 0.5) is 0 Å². The second kappa shape index (κ2) is 6.99. The van der Waals surface area contributed by atoms with Crippen LogP contribution in [0.2, 0.25) is 0 Å². The van der Waals surface area contributed by atoms with E-state index in [1.165, 1.54) is 25.3 Å². The molecule has 132 valence electrons. The first-order chi connectivity index (χ1) is 11.5. The van der Waals surface area contributed by atoms with E-state index in [4.69, 9.17) is 4.42 Å². The number of carbonyl (C=O) groups excluding carboxylic acids is 1.